The fraction of sp³-hybridized carbons (Fsp3) is 0.0750. The van der Waals surface area contributed by atoms with Crippen molar-refractivity contribution in [3.8, 4) is 45.1 Å². The normalized spacial score (nSPS) is 14.0. The first-order chi connectivity index (χ1) is 42.7. The lowest BCUT2D eigenvalue weighted by atomic mass is 9.33. The van der Waals surface area contributed by atoms with Gasteiger partial charge in [-0.3, -0.25) is 0 Å². The largest absolute Gasteiger partial charge is 0.457 e. The van der Waals surface area contributed by atoms with Gasteiger partial charge in [-0.25, -0.2) is 0 Å². The number of aryl methyl sites for hydroxylation is 2. The molecule has 2 aliphatic carbocycles. The predicted octanol–water partition coefficient (Wildman–Crippen LogP) is 20.1. The molecule has 7 heteroatoms. The van der Waals surface area contributed by atoms with Crippen molar-refractivity contribution in [3.63, 3.8) is 0 Å². The van der Waals surface area contributed by atoms with Gasteiger partial charge in [-0.1, -0.05) is 166 Å². The van der Waals surface area contributed by atoms with Crippen LogP contribution in [0, 0.1) is 6.92 Å². The summed E-state index contributed by atoms with van der Waals surface area (Å²) in [6.45, 7) is 10.7. The van der Waals surface area contributed by atoms with Gasteiger partial charge in [0, 0.05) is 73.0 Å². The quantitative estimate of drug-likeness (QED) is 0.100. The second kappa shape index (κ2) is 19.7. The van der Waals surface area contributed by atoms with Gasteiger partial charge in [0.1, 0.15) is 34.4 Å². The molecule has 13 aromatic rings. The molecule has 0 atom stereocenters. The average molecular weight is 1120 g/mol. The van der Waals surface area contributed by atoms with Crippen molar-refractivity contribution < 1.29 is 13.3 Å². The van der Waals surface area contributed by atoms with E-state index in [4.69, 9.17) is 13.3 Å². The van der Waals surface area contributed by atoms with E-state index in [2.05, 4.69) is 267 Å². The molecule has 0 saturated carbocycles. The Bertz CT molecular complexity index is 5030. The van der Waals surface area contributed by atoms with Gasteiger partial charge in [0.05, 0.1) is 5.69 Å². The van der Waals surface area contributed by atoms with Gasteiger partial charge in [0.15, 0.2) is 0 Å². The Hall–Kier alpha value is -10.8. The molecular weight excluding hydrogens is 1060 g/mol. The van der Waals surface area contributed by atoms with Crippen LogP contribution in [-0.2, 0) is 11.8 Å². The van der Waals surface area contributed by atoms with Gasteiger partial charge in [0.2, 0.25) is 0 Å². The standard InChI is InChI=1S/C80H58BN3O3/c1-5-6-23-62-37-40-76(85-62)57-34-39-68-71(44-57)83(58-22-17-21-53(43-58)77-45-54-19-8-15-29-74(54)86-77)72-48-61(49-73-79(72)81(68)67-26-12-14-28-70(67)84(73)69-27-13-7-18-50(69)2)82(60-36-38-64-63-24-10-11-25-65(63)80(3,4)66(64)47-60)59-35-33-51-41-56(32-31-52(51)42-59)78-46-55-20-9-16-30-75(55)87-78/h5-8,10-19,21-49H,1,9,20H2,2-4H3/b23-6-. The van der Waals surface area contributed by atoms with Crippen molar-refractivity contribution >= 4 is 108 Å². The molecule has 0 N–H and O–H groups in total. The zero-order valence-electron chi connectivity index (χ0n) is 48.6. The first-order valence-corrected chi connectivity index (χ1v) is 30.2. The van der Waals surface area contributed by atoms with Crippen molar-refractivity contribution in [2.24, 2.45) is 0 Å². The molecule has 0 fully saturated rings. The van der Waals surface area contributed by atoms with Crippen molar-refractivity contribution in [1.82, 2.24) is 0 Å². The maximum absolute atomic E-state index is 6.65. The van der Waals surface area contributed by atoms with E-state index >= 15 is 0 Å². The van der Waals surface area contributed by atoms with E-state index in [1.807, 2.05) is 30.4 Å². The zero-order chi connectivity index (χ0) is 58.1. The van der Waals surface area contributed by atoms with Crippen LogP contribution in [0.1, 0.15) is 54.0 Å². The maximum atomic E-state index is 6.65. The molecule has 4 aliphatic rings. The Morgan fingerprint density at radius 3 is 2.11 bits per heavy atom. The Morgan fingerprint density at radius 1 is 0.506 bits per heavy atom. The molecule has 0 spiro atoms. The fourth-order valence-electron chi connectivity index (χ4n) is 14.4. The molecule has 5 heterocycles. The maximum Gasteiger partial charge on any atom is 0.252 e. The van der Waals surface area contributed by atoms with Gasteiger partial charge in [-0.05, 0) is 196 Å². The number of hydrogen-bond acceptors (Lipinski definition) is 6. The minimum absolute atomic E-state index is 0.139. The summed E-state index contributed by atoms with van der Waals surface area (Å²) in [5, 5.41) is 3.33. The Balaban J connectivity index is 0.938. The smallest absolute Gasteiger partial charge is 0.252 e. The van der Waals surface area contributed by atoms with Crippen molar-refractivity contribution in [1.29, 1.82) is 0 Å². The molecule has 0 saturated heterocycles. The lowest BCUT2D eigenvalue weighted by Crippen LogP contribution is -2.61. The molecule has 0 bridgehead atoms. The van der Waals surface area contributed by atoms with Gasteiger partial charge in [-0.15, -0.1) is 0 Å². The van der Waals surface area contributed by atoms with E-state index in [-0.39, 0.29) is 12.1 Å². The topological polar surface area (TPSA) is 49.1 Å². The summed E-state index contributed by atoms with van der Waals surface area (Å²) >= 11 is 0. The van der Waals surface area contributed by atoms with Crippen LogP contribution in [0.3, 0.4) is 0 Å². The van der Waals surface area contributed by atoms with Crippen LogP contribution in [0.2, 0.25) is 0 Å². The minimum atomic E-state index is -0.242. The Labute approximate surface area is 506 Å². The van der Waals surface area contributed by atoms with Gasteiger partial charge in [-0.2, -0.15) is 0 Å². The van der Waals surface area contributed by atoms with Crippen LogP contribution in [0.4, 0.5) is 51.2 Å². The molecular formula is C80H58BN3O3. The van der Waals surface area contributed by atoms with Gasteiger partial charge < -0.3 is 28.0 Å². The number of furan rings is 3. The number of hydrogen-bond donors (Lipinski definition) is 0. The summed E-state index contributed by atoms with van der Waals surface area (Å²) < 4.78 is 19.7. The fourth-order valence-corrected chi connectivity index (χ4v) is 14.4. The molecule has 0 amide bonds. The molecule has 2 aliphatic heterocycles. The molecule has 414 valence electrons. The van der Waals surface area contributed by atoms with Crippen LogP contribution in [0.5, 0.6) is 0 Å². The first-order valence-electron chi connectivity index (χ1n) is 30.2. The minimum Gasteiger partial charge on any atom is -0.457 e. The van der Waals surface area contributed by atoms with E-state index in [1.165, 1.54) is 49.8 Å². The summed E-state index contributed by atoms with van der Waals surface area (Å²) in [4.78, 5) is 7.52. The highest BCUT2D eigenvalue weighted by Gasteiger charge is 2.45. The monoisotopic (exact) mass is 1120 g/mol. The number of fused-ring (bicyclic) bond motifs is 10. The number of allylic oxidation sites excluding steroid dienone is 3. The second-order valence-electron chi connectivity index (χ2n) is 24.0. The lowest BCUT2D eigenvalue weighted by molar-refractivity contribution is 0.565. The number of anilines is 9. The number of benzene rings is 10. The third kappa shape index (κ3) is 8.10. The third-order valence-corrected chi connectivity index (χ3v) is 18.6. The summed E-state index contributed by atoms with van der Waals surface area (Å²) in [7, 11) is 0. The van der Waals surface area contributed by atoms with E-state index in [9.17, 15) is 0 Å². The first kappa shape index (κ1) is 50.7. The van der Waals surface area contributed by atoms with Crippen LogP contribution < -0.4 is 31.1 Å². The van der Waals surface area contributed by atoms with Crippen LogP contribution >= 0.6 is 0 Å². The van der Waals surface area contributed by atoms with Crippen molar-refractivity contribution in [2.75, 3.05) is 14.7 Å². The predicted molar refractivity (Wildman–Crippen MR) is 362 cm³/mol. The van der Waals surface area contributed by atoms with E-state index < -0.39 is 0 Å². The highest BCUT2D eigenvalue weighted by molar-refractivity contribution is 7.00. The van der Waals surface area contributed by atoms with E-state index in [0.29, 0.717) is 0 Å². The van der Waals surface area contributed by atoms with Gasteiger partial charge >= 0.3 is 0 Å². The molecule has 6 nitrogen and oxygen atoms in total. The number of para-hydroxylation sites is 3. The molecule has 0 radical (unpaired) electrons. The molecule has 3 aromatic heterocycles. The molecule has 10 aromatic carbocycles. The zero-order valence-corrected chi connectivity index (χ0v) is 48.6. The van der Waals surface area contributed by atoms with Crippen molar-refractivity contribution in [3.05, 3.63) is 289 Å². The molecule has 17 rings (SSSR count). The molecule has 0 unspecified atom stereocenters. The highest BCUT2D eigenvalue weighted by atomic mass is 16.3. The molecule has 87 heavy (non-hydrogen) atoms. The van der Waals surface area contributed by atoms with E-state index in [0.717, 1.165) is 131 Å². The lowest BCUT2D eigenvalue weighted by Gasteiger charge is -2.45. The third-order valence-electron chi connectivity index (χ3n) is 18.6. The average Bonchev–Trinajstić information content (AvgIpc) is 1.29. The van der Waals surface area contributed by atoms with Gasteiger partial charge in [0.25, 0.3) is 6.71 Å². The van der Waals surface area contributed by atoms with Crippen LogP contribution in [-0.4, -0.2) is 6.71 Å². The Morgan fingerprint density at radius 2 is 1.23 bits per heavy atom. The second-order valence-corrected chi connectivity index (χ2v) is 24.0. The Kier molecular flexibility index (Phi) is 11.5. The number of nitrogens with zero attached hydrogens (tertiary/aromatic N) is 3. The van der Waals surface area contributed by atoms with Crippen molar-refractivity contribution in [2.45, 2.75) is 39.0 Å². The summed E-state index contributed by atoms with van der Waals surface area (Å²) in [5.74, 6) is 4.22. The SMILES string of the molecule is C=C/C=C\c1ccc(-c2ccc3c(c2)N(c2cccc(-c4cc5ccccc5o4)c2)c2cc(N(c4ccc5c(c4)C(C)(C)c4ccccc4-5)c4ccc5cc(-c6cc7c(o6)C=CCC7)ccc5c4)cc4c2B3c2ccccc2N4c2ccccc2C)o1. The summed E-state index contributed by atoms with van der Waals surface area (Å²) in [5.41, 5.74) is 24.6. The number of rotatable bonds is 10. The van der Waals surface area contributed by atoms with Crippen LogP contribution in [0.25, 0.3) is 79.0 Å². The van der Waals surface area contributed by atoms with E-state index in [1.54, 1.807) is 6.08 Å². The highest BCUT2D eigenvalue weighted by Crippen LogP contribution is 2.53. The summed E-state index contributed by atoms with van der Waals surface area (Å²) in [6.07, 6.45) is 12.0. The van der Waals surface area contributed by atoms with Crippen LogP contribution in [0.15, 0.2) is 269 Å². The summed E-state index contributed by atoms with van der Waals surface area (Å²) in [6, 6.07) is 85.0.